The van der Waals surface area contributed by atoms with E-state index in [0.717, 1.165) is 5.46 Å². The molecule has 1 aromatic carbocycles. The molecule has 1 saturated heterocycles. The maximum atomic E-state index is 10.2. The average molecular weight is 293 g/mol. The Bertz CT molecular complexity index is 490. The van der Waals surface area contributed by atoms with E-state index in [-0.39, 0.29) is 6.54 Å². The molecule has 0 spiro atoms. The Kier molecular flexibility index (Phi) is 4.47. The van der Waals surface area contributed by atoms with Crippen molar-refractivity contribution in [1.82, 2.24) is 0 Å². The normalized spacial score (nSPS) is 23.1. The summed E-state index contributed by atoms with van der Waals surface area (Å²) in [6.07, 6.45) is -2.08. The topological polar surface area (TPSA) is 84.9 Å². The second-order valence-electron chi connectivity index (χ2n) is 6.47. The molecule has 6 heteroatoms. The van der Waals surface area contributed by atoms with Gasteiger partial charge >= 0.3 is 7.12 Å². The van der Waals surface area contributed by atoms with Crippen molar-refractivity contribution in [3.8, 4) is 0 Å². The standard InChI is InChI=1S/C15H24BNO4/c1-14(2)15(3,4)21-16(20-14)11-8-6-5-7-10(11)13(19)12(18)9-17/h5-8,12-13,18-19H,9,17H2,1-4H3. The van der Waals surface area contributed by atoms with E-state index in [1.54, 1.807) is 12.1 Å². The molecule has 2 unspecified atom stereocenters. The molecule has 1 heterocycles. The first-order chi connectivity index (χ1) is 9.69. The lowest BCUT2D eigenvalue weighted by atomic mass is 9.74. The van der Waals surface area contributed by atoms with Crippen LogP contribution in [0.15, 0.2) is 24.3 Å². The third kappa shape index (κ3) is 3.00. The van der Waals surface area contributed by atoms with E-state index in [2.05, 4.69) is 0 Å². The molecule has 21 heavy (non-hydrogen) atoms. The number of benzene rings is 1. The third-order valence-corrected chi connectivity index (χ3v) is 4.43. The van der Waals surface area contributed by atoms with E-state index in [0.29, 0.717) is 5.56 Å². The van der Waals surface area contributed by atoms with Crippen LogP contribution < -0.4 is 11.2 Å². The van der Waals surface area contributed by atoms with Crippen molar-refractivity contribution < 1.29 is 19.5 Å². The van der Waals surface area contributed by atoms with Crippen LogP contribution >= 0.6 is 0 Å². The van der Waals surface area contributed by atoms with Crippen LogP contribution in [0.25, 0.3) is 0 Å². The summed E-state index contributed by atoms with van der Waals surface area (Å²) in [6, 6.07) is 7.25. The van der Waals surface area contributed by atoms with Crippen LogP contribution in [-0.4, -0.2) is 41.2 Å². The van der Waals surface area contributed by atoms with Crippen molar-refractivity contribution in [2.24, 2.45) is 5.73 Å². The van der Waals surface area contributed by atoms with Gasteiger partial charge in [0, 0.05) is 6.54 Å². The number of aliphatic hydroxyl groups excluding tert-OH is 2. The molecule has 0 amide bonds. The molecular formula is C15H24BNO4. The highest BCUT2D eigenvalue weighted by atomic mass is 16.7. The molecule has 1 aliphatic rings. The van der Waals surface area contributed by atoms with Gasteiger partial charge in [0.1, 0.15) is 6.10 Å². The van der Waals surface area contributed by atoms with Gasteiger partial charge in [0.05, 0.1) is 17.3 Å². The molecule has 116 valence electrons. The molecule has 0 bridgehead atoms. The highest BCUT2D eigenvalue weighted by Crippen LogP contribution is 2.37. The number of hydrogen-bond donors (Lipinski definition) is 3. The number of rotatable bonds is 4. The molecule has 2 rings (SSSR count). The lowest BCUT2D eigenvalue weighted by Gasteiger charge is -2.32. The molecular weight excluding hydrogens is 269 g/mol. The smallest absolute Gasteiger partial charge is 0.399 e. The fraction of sp³-hybridized carbons (Fsp3) is 0.600. The van der Waals surface area contributed by atoms with E-state index < -0.39 is 30.5 Å². The number of aliphatic hydroxyl groups is 2. The molecule has 1 aromatic rings. The van der Waals surface area contributed by atoms with Crippen molar-refractivity contribution in [3.05, 3.63) is 29.8 Å². The van der Waals surface area contributed by atoms with Crippen LogP contribution in [-0.2, 0) is 9.31 Å². The lowest BCUT2D eigenvalue weighted by Crippen LogP contribution is -2.41. The van der Waals surface area contributed by atoms with Crippen LogP contribution in [0.2, 0.25) is 0 Å². The predicted molar refractivity (Wildman–Crippen MR) is 82.2 cm³/mol. The van der Waals surface area contributed by atoms with Gasteiger partial charge in [-0.3, -0.25) is 0 Å². The average Bonchev–Trinajstić information content (AvgIpc) is 2.65. The minimum atomic E-state index is -1.06. The van der Waals surface area contributed by atoms with Crippen LogP contribution in [0.5, 0.6) is 0 Å². The second kappa shape index (κ2) is 5.70. The summed E-state index contributed by atoms with van der Waals surface area (Å²) in [7, 11) is -0.578. The minimum Gasteiger partial charge on any atom is -0.399 e. The zero-order chi connectivity index (χ0) is 15.8. The van der Waals surface area contributed by atoms with Gasteiger partial charge in [-0.25, -0.2) is 0 Å². The van der Waals surface area contributed by atoms with Gasteiger partial charge in [-0.1, -0.05) is 24.3 Å². The molecule has 4 N–H and O–H groups in total. The Labute approximate surface area is 126 Å². The number of nitrogens with two attached hydrogens (primary N) is 1. The molecule has 0 aliphatic carbocycles. The first-order valence-corrected chi connectivity index (χ1v) is 7.20. The summed E-state index contributed by atoms with van der Waals surface area (Å²) in [5.74, 6) is 0. The Morgan fingerprint density at radius 3 is 2.14 bits per heavy atom. The minimum absolute atomic E-state index is 0.0150. The van der Waals surface area contributed by atoms with Crippen LogP contribution in [0.1, 0.15) is 39.4 Å². The maximum absolute atomic E-state index is 10.2. The Hall–Kier alpha value is -0.915. The summed E-state index contributed by atoms with van der Waals surface area (Å²) < 4.78 is 12.0. The summed E-state index contributed by atoms with van der Waals surface area (Å²) in [6.45, 7) is 7.88. The highest BCUT2D eigenvalue weighted by molar-refractivity contribution is 6.62. The molecule has 0 radical (unpaired) electrons. The Balaban J connectivity index is 2.34. The summed E-state index contributed by atoms with van der Waals surface area (Å²) in [4.78, 5) is 0. The number of hydrogen-bond acceptors (Lipinski definition) is 5. The van der Waals surface area contributed by atoms with Crippen molar-refractivity contribution in [2.75, 3.05) is 6.54 Å². The SMILES string of the molecule is CC1(C)OB(c2ccccc2C(O)C(O)CN)OC1(C)C. The van der Waals surface area contributed by atoms with Gasteiger partial charge in [-0.15, -0.1) is 0 Å². The Morgan fingerprint density at radius 2 is 1.62 bits per heavy atom. The highest BCUT2D eigenvalue weighted by Gasteiger charge is 2.52. The monoisotopic (exact) mass is 293 g/mol. The predicted octanol–water partition coefficient (Wildman–Crippen LogP) is 0.339. The van der Waals surface area contributed by atoms with Crippen molar-refractivity contribution >= 4 is 12.6 Å². The molecule has 0 saturated carbocycles. The van der Waals surface area contributed by atoms with Gasteiger partial charge in [0.2, 0.25) is 0 Å². The van der Waals surface area contributed by atoms with E-state index in [9.17, 15) is 10.2 Å². The quantitative estimate of drug-likeness (QED) is 0.697. The first kappa shape index (κ1) is 16.5. The van der Waals surface area contributed by atoms with E-state index in [1.165, 1.54) is 0 Å². The van der Waals surface area contributed by atoms with Crippen LogP contribution in [0.3, 0.4) is 0 Å². The van der Waals surface area contributed by atoms with Gasteiger partial charge in [0.25, 0.3) is 0 Å². The van der Waals surface area contributed by atoms with Gasteiger partial charge in [0.15, 0.2) is 0 Å². The van der Waals surface area contributed by atoms with Crippen LogP contribution in [0, 0.1) is 0 Å². The van der Waals surface area contributed by atoms with E-state index >= 15 is 0 Å². The molecule has 5 nitrogen and oxygen atoms in total. The summed E-state index contributed by atoms with van der Waals surface area (Å²) in [5, 5.41) is 20.0. The summed E-state index contributed by atoms with van der Waals surface area (Å²) >= 11 is 0. The largest absolute Gasteiger partial charge is 0.495 e. The summed E-state index contributed by atoms with van der Waals surface area (Å²) in [5.41, 5.74) is 5.81. The van der Waals surface area contributed by atoms with Gasteiger partial charge in [-0.2, -0.15) is 0 Å². The fourth-order valence-corrected chi connectivity index (χ4v) is 2.30. The fourth-order valence-electron chi connectivity index (χ4n) is 2.30. The third-order valence-electron chi connectivity index (χ3n) is 4.43. The zero-order valence-corrected chi connectivity index (χ0v) is 13.0. The van der Waals surface area contributed by atoms with Crippen LogP contribution in [0.4, 0.5) is 0 Å². The van der Waals surface area contributed by atoms with Gasteiger partial charge in [-0.05, 0) is 38.7 Å². The first-order valence-electron chi connectivity index (χ1n) is 7.20. The van der Waals surface area contributed by atoms with Crippen molar-refractivity contribution in [3.63, 3.8) is 0 Å². The van der Waals surface area contributed by atoms with E-state index in [1.807, 2.05) is 39.8 Å². The lowest BCUT2D eigenvalue weighted by molar-refractivity contribution is 0.00578. The molecule has 2 atom stereocenters. The molecule has 0 aromatic heterocycles. The second-order valence-corrected chi connectivity index (χ2v) is 6.47. The van der Waals surface area contributed by atoms with Crippen molar-refractivity contribution in [2.45, 2.75) is 51.1 Å². The maximum Gasteiger partial charge on any atom is 0.495 e. The molecule has 1 fully saturated rings. The molecule has 1 aliphatic heterocycles. The van der Waals surface area contributed by atoms with E-state index in [4.69, 9.17) is 15.0 Å². The van der Waals surface area contributed by atoms with Gasteiger partial charge < -0.3 is 25.3 Å². The Morgan fingerprint density at radius 1 is 1.10 bits per heavy atom. The van der Waals surface area contributed by atoms with Crippen molar-refractivity contribution in [1.29, 1.82) is 0 Å². The zero-order valence-electron chi connectivity index (χ0n) is 13.0.